The lowest BCUT2D eigenvalue weighted by atomic mass is 10.2. The monoisotopic (exact) mass is 357 g/mol. The van der Waals surface area contributed by atoms with Crippen molar-refractivity contribution in [3.8, 4) is 11.5 Å². The molecule has 0 spiro atoms. The Bertz CT molecular complexity index is 665. The van der Waals surface area contributed by atoms with Crippen LogP contribution in [0, 0.1) is 0 Å². The van der Waals surface area contributed by atoms with Gasteiger partial charge in [-0.1, -0.05) is 12.1 Å². The van der Waals surface area contributed by atoms with E-state index in [-0.39, 0.29) is 12.0 Å². The van der Waals surface area contributed by atoms with Crippen molar-refractivity contribution in [2.75, 3.05) is 19.8 Å². The highest BCUT2D eigenvalue weighted by molar-refractivity contribution is 5.94. The number of nitrogens with one attached hydrogen (secondary N) is 1. The van der Waals surface area contributed by atoms with Gasteiger partial charge in [-0.2, -0.15) is 0 Å². The third-order valence-electron chi connectivity index (χ3n) is 3.57. The Morgan fingerprint density at radius 3 is 2.23 bits per heavy atom. The zero-order chi connectivity index (χ0) is 18.8. The fourth-order valence-corrected chi connectivity index (χ4v) is 2.31. The van der Waals surface area contributed by atoms with Gasteiger partial charge >= 0.3 is 0 Å². The van der Waals surface area contributed by atoms with Gasteiger partial charge in [0.1, 0.15) is 18.1 Å². The van der Waals surface area contributed by atoms with Gasteiger partial charge in [0.15, 0.2) is 0 Å². The SMILES string of the molecule is CCOCCOc1ccc(C(=O)NCc2ccc(OC(C)C)cc2)cc1. The molecule has 5 heteroatoms. The van der Waals surface area contributed by atoms with Crippen molar-refractivity contribution < 1.29 is 19.0 Å². The topological polar surface area (TPSA) is 56.8 Å². The van der Waals surface area contributed by atoms with Crippen molar-refractivity contribution in [1.82, 2.24) is 5.32 Å². The van der Waals surface area contributed by atoms with Crippen molar-refractivity contribution in [2.45, 2.75) is 33.4 Å². The van der Waals surface area contributed by atoms with Gasteiger partial charge in [0.2, 0.25) is 0 Å². The third-order valence-corrected chi connectivity index (χ3v) is 3.57. The van der Waals surface area contributed by atoms with Gasteiger partial charge in [-0.15, -0.1) is 0 Å². The van der Waals surface area contributed by atoms with Crippen LogP contribution in [0.1, 0.15) is 36.7 Å². The summed E-state index contributed by atoms with van der Waals surface area (Å²) in [6.07, 6.45) is 0.145. The molecule has 0 saturated carbocycles. The van der Waals surface area contributed by atoms with Gasteiger partial charge in [-0.05, 0) is 62.7 Å². The molecule has 1 amide bonds. The molecule has 0 atom stereocenters. The highest BCUT2D eigenvalue weighted by atomic mass is 16.5. The average molecular weight is 357 g/mol. The summed E-state index contributed by atoms with van der Waals surface area (Å²) in [5.74, 6) is 1.44. The Labute approximate surface area is 155 Å². The van der Waals surface area contributed by atoms with E-state index < -0.39 is 0 Å². The van der Waals surface area contributed by atoms with E-state index in [0.29, 0.717) is 31.9 Å². The fourth-order valence-electron chi connectivity index (χ4n) is 2.31. The predicted octanol–water partition coefficient (Wildman–Crippen LogP) is 3.82. The Morgan fingerprint density at radius 2 is 1.62 bits per heavy atom. The number of hydrogen-bond acceptors (Lipinski definition) is 4. The lowest BCUT2D eigenvalue weighted by Crippen LogP contribution is -2.22. The summed E-state index contributed by atoms with van der Waals surface area (Å²) in [5, 5.41) is 2.91. The van der Waals surface area contributed by atoms with Crippen molar-refractivity contribution in [2.24, 2.45) is 0 Å². The minimum atomic E-state index is -0.117. The molecule has 0 bridgehead atoms. The molecule has 0 aliphatic heterocycles. The van der Waals surface area contributed by atoms with Gasteiger partial charge in [0.25, 0.3) is 5.91 Å². The second kappa shape index (κ2) is 10.5. The number of hydrogen-bond donors (Lipinski definition) is 1. The third kappa shape index (κ3) is 6.76. The lowest BCUT2D eigenvalue weighted by Gasteiger charge is -2.11. The second-order valence-electron chi connectivity index (χ2n) is 6.06. The maximum atomic E-state index is 12.2. The normalized spacial score (nSPS) is 10.6. The molecular weight excluding hydrogens is 330 g/mol. The summed E-state index contributed by atoms with van der Waals surface area (Å²) in [6, 6.07) is 14.8. The van der Waals surface area contributed by atoms with Crippen LogP contribution in [0.4, 0.5) is 0 Å². The molecule has 0 unspecified atom stereocenters. The van der Waals surface area contributed by atoms with E-state index in [1.54, 1.807) is 24.3 Å². The minimum absolute atomic E-state index is 0.117. The quantitative estimate of drug-likeness (QED) is 0.657. The zero-order valence-corrected chi connectivity index (χ0v) is 15.7. The average Bonchev–Trinajstić information content (AvgIpc) is 2.64. The number of rotatable bonds is 10. The molecule has 0 radical (unpaired) electrons. The van der Waals surface area contributed by atoms with Crippen LogP contribution in [0.5, 0.6) is 11.5 Å². The van der Waals surface area contributed by atoms with E-state index in [0.717, 1.165) is 17.1 Å². The fraction of sp³-hybridized carbons (Fsp3) is 0.381. The van der Waals surface area contributed by atoms with Crippen molar-refractivity contribution >= 4 is 5.91 Å². The van der Waals surface area contributed by atoms with Crippen LogP contribution in [0.2, 0.25) is 0 Å². The second-order valence-corrected chi connectivity index (χ2v) is 6.06. The largest absolute Gasteiger partial charge is 0.491 e. The number of ether oxygens (including phenoxy) is 3. The first-order valence-corrected chi connectivity index (χ1v) is 8.93. The standard InChI is InChI=1S/C21H27NO4/c1-4-24-13-14-25-19-11-7-18(8-12-19)21(23)22-15-17-5-9-20(10-6-17)26-16(2)3/h5-12,16H,4,13-15H2,1-3H3,(H,22,23). The molecule has 0 saturated heterocycles. The van der Waals surface area contributed by atoms with E-state index >= 15 is 0 Å². The van der Waals surface area contributed by atoms with Crippen LogP contribution >= 0.6 is 0 Å². The molecule has 0 aromatic heterocycles. The highest BCUT2D eigenvalue weighted by Crippen LogP contribution is 2.15. The zero-order valence-electron chi connectivity index (χ0n) is 15.7. The van der Waals surface area contributed by atoms with Crippen molar-refractivity contribution in [3.05, 3.63) is 59.7 Å². The molecule has 2 rings (SSSR count). The summed E-state index contributed by atoms with van der Waals surface area (Å²) in [4.78, 5) is 12.2. The first-order chi connectivity index (χ1) is 12.6. The highest BCUT2D eigenvalue weighted by Gasteiger charge is 2.06. The summed E-state index contributed by atoms with van der Waals surface area (Å²) >= 11 is 0. The van der Waals surface area contributed by atoms with E-state index in [1.165, 1.54) is 0 Å². The van der Waals surface area contributed by atoms with Crippen LogP contribution < -0.4 is 14.8 Å². The van der Waals surface area contributed by atoms with E-state index in [2.05, 4.69) is 5.32 Å². The molecule has 5 nitrogen and oxygen atoms in total. The summed E-state index contributed by atoms with van der Waals surface area (Å²) in [7, 11) is 0. The molecule has 0 aliphatic carbocycles. The van der Waals surface area contributed by atoms with Crippen molar-refractivity contribution in [3.63, 3.8) is 0 Å². The summed E-state index contributed by atoms with van der Waals surface area (Å²) < 4.78 is 16.4. The van der Waals surface area contributed by atoms with Gasteiger partial charge in [-0.25, -0.2) is 0 Å². The van der Waals surface area contributed by atoms with Crippen molar-refractivity contribution in [1.29, 1.82) is 0 Å². The molecule has 26 heavy (non-hydrogen) atoms. The predicted molar refractivity (Wildman–Crippen MR) is 102 cm³/mol. The van der Waals surface area contributed by atoms with E-state index in [9.17, 15) is 4.79 Å². The van der Waals surface area contributed by atoms with Gasteiger partial charge in [-0.3, -0.25) is 4.79 Å². The number of carbonyl (C=O) groups excluding carboxylic acids is 1. The van der Waals surface area contributed by atoms with Crippen LogP contribution in [0.3, 0.4) is 0 Å². The van der Waals surface area contributed by atoms with Crippen LogP contribution in [-0.4, -0.2) is 31.8 Å². The first kappa shape index (κ1) is 19.8. The summed E-state index contributed by atoms with van der Waals surface area (Å²) in [6.45, 7) is 8.12. The van der Waals surface area contributed by atoms with Gasteiger partial charge < -0.3 is 19.5 Å². The molecule has 2 aromatic rings. The summed E-state index contributed by atoms with van der Waals surface area (Å²) in [5.41, 5.74) is 1.62. The molecule has 0 fully saturated rings. The van der Waals surface area contributed by atoms with Crippen LogP contribution in [0.25, 0.3) is 0 Å². The number of amides is 1. The Kier molecular flexibility index (Phi) is 7.96. The number of carbonyl (C=O) groups is 1. The first-order valence-electron chi connectivity index (χ1n) is 8.93. The van der Waals surface area contributed by atoms with Gasteiger partial charge in [0.05, 0.1) is 12.7 Å². The molecule has 0 aliphatic rings. The van der Waals surface area contributed by atoms with Crippen LogP contribution in [0.15, 0.2) is 48.5 Å². The Morgan fingerprint density at radius 1 is 0.962 bits per heavy atom. The molecule has 0 heterocycles. The molecular formula is C21H27NO4. The van der Waals surface area contributed by atoms with E-state index in [1.807, 2.05) is 45.0 Å². The van der Waals surface area contributed by atoms with Gasteiger partial charge in [0, 0.05) is 18.7 Å². The van der Waals surface area contributed by atoms with E-state index in [4.69, 9.17) is 14.2 Å². The minimum Gasteiger partial charge on any atom is -0.491 e. The van der Waals surface area contributed by atoms with Crippen LogP contribution in [-0.2, 0) is 11.3 Å². The molecule has 1 N–H and O–H groups in total. The Balaban J connectivity index is 1.80. The Hall–Kier alpha value is -2.53. The molecule has 140 valence electrons. The molecule has 2 aromatic carbocycles. The maximum absolute atomic E-state index is 12.2. The maximum Gasteiger partial charge on any atom is 0.251 e. The lowest BCUT2D eigenvalue weighted by molar-refractivity contribution is 0.0950. The smallest absolute Gasteiger partial charge is 0.251 e. The number of benzene rings is 2.